The van der Waals surface area contributed by atoms with Crippen molar-refractivity contribution < 1.29 is 9.59 Å². The Hall–Kier alpha value is -2.33. The van der Waals surface area contributed by atoms with Crippen molar-refractivity contribution >= 4 is 29.1 Å². The summed E-state index contributed by atoms with van der Waals surface area (Å²) in [4.78, 5) is 25.9. The average molecular weight is 315 g/mol. The van der Waals surface area contributed by atoms with Crippen molar-refractivity contribution in [3.8, 4) is 0 Å². The molecule has 0 saturated heterocycles. The van der Waals surface area contributed by atoms with E-state index in [9.17, 15) is 9.59 Å². The molecule has 2 amide bonds. The van der Waals surface area contributed by atoms with Gasteiger partial charge in [-0.05, 0) is 36.2 Å². The van der Waals surface area contributed by atoms with Gasteiger partial charge in [-0.15, -0.1) is 0 Å². The molecule has 0 aliphatic carbocycles. The number of benzene rings is 2. The quantitative estimate of drug-likeness (QED) is 0.945. The Morgan fingerprint density at radius 2 is 2.05 bits per heavy atom. The summed E-state index contributed by atoms with van der Waals surface area (Å²) in [7, 11) is 0. The zero-order valence-corrected chi connectivity index (χ0v) is 12.9. The maximum Gasteiger partial charge on any atom is 0.254 e. The molecule has 1 N–H and O–H groups in total. The first-order valence-corrected chi connectivity index (χ1v) is 7.35. The van der Waals surface area contributed by atoms with Gasteiger partial charge in [-0.1, -0.05) is 35.9 Å². The van der Waals surface area contributed by atoms with Crippen LogP contribution in [0.5, 0.6) is 0 Å². The van der Waals surface area contributed by atoms with E-state index >= 15 is 0 Å². The number of aryl methyl sites for hydroxylation is 1. The van der Waals surface area contributed by atoms with E-state index in [1.54, 1.807) is 18.2 Å². The first kappa shape index (κ1) is 14.6. The standard InChI is InChI=1S/C17H15ClN2O2/c1-11-6-7-13(8-15(11)18)19-16(21)10-20-9-12-4-2-3-5-14(12)17(20)22/h2-8H,9-10H2,1H3,(H,19,21). The lowest BCUT2D eigenvalue weighted by atomic mass is 10.1. The lowest BCUT2D eigenvalue weighted by Gasteiger charge is -2.15. The highest BCUT2D eigenvalue weighted by molar-refractivity contribution is 6.31. The fraction of sp³-hybridized carbons (Fsp3) is 0.176. The van der Waals surface area contributed by atoms with E-state index in [1.165, 1.54) is 4.90 Å². The van der Waals surface area contributed by atoms with Crippen molar-refractivity contribution in [2.24, 2.45) is 0 Å². The maximum absolute atomic E-state index is 12.2. The molecule has 22 heavy (non-hydrogen) atoms. The third-order valence-corrected chi connectivity index (χ3v) is 4.09. The van der Waals surface area contributed by atoms with Gasteiger partial charge < -0.3 is 10.2 Å². The summed E-state index contributed by atoms with van der Waals surface area (Å²) in [6.45, 7) is 2.39. The molecule has 0 aromatic heterocycles. The van der Waals surface area contributed by atoms with Gasteiger partial charge in [0.05, 0.1) is 0 Å². The van der Waals surface area contributed by atoms with Crippen molar-refractivity contribution in [3.63, 3.8) is 0 Å². The number of rotatable bonds is 3. The summed E-state index contributed by atoms with van der Waals surface area (Å²) in [6.07, 6.45) is 0. The molecule has 0 unspecified atom stereocenters. The summed E-state index contributed by atoms with van der Waals surface area (Å²) in [5.74, 6) is -0.339. The molecule has 4 nitrogen and oxygen atoms in total. The summed E-state index contributed by atoms with van der Waals surface area (Å²) in [5.41, 5.74) is 3.21. The van der Waals surface area contributed by atoms with Gasteiger partial charge in [-0.3, -0.25) is 9.59 Å². The fourth-order valence-electron chi connectivity index (χ4n) is 2.49. The Labute approximate surface area is 133 Å². The van der Waals surface area contributed by atoms with Crippen LogP contribution < -0.4 is 5.32 Å². The number of fused-ring (bicyclic) bond motifs is 1. The maximum atomic E-state index is 12.2. The van der Waals surface area contributed by atoms with Crippen molar-refractivity contribution in [2.45, 2.75) is 13.5 Å². The van der Waals surface area contributed by atoms with Crippen molar-refractivity contribution in [1.82, 2.24) is 4.90 Å². The topological polar surface area (TPSA) is 49.4 Å². The average Bonchev–Trinajstić information content (AvgIpc) is 2.80. The highest BCUT2D eigenvalue weighted by Gasteiger charge is 2.28. The van der Waals surface area contributed by atoms with Crippen LogP contribution in [0.2, 0.25) is 5.02 Å². The number of carbonyl (C=O) groups excluding carboxylic acids is 2. The molecule has 0 spiro atoms. The minimum Gasteiger partial charge on any atom is -0.325 e. The van der Waals surface area contributed by atoms with E-state index in [-0.39, 0.29) is 18.4 Å². The number of nitrogens with one attached hydrogen (secondary N) is 1. The Morgan fingerprint density at radius 1 is 1.27 bits per heavy atom. The molecular formula is C17H15ClN2O2. The largest absolute Gasteiger partial charge is 0.325 e. The van der Waals surface area contributed by atoms with Crippen LogP contribution in [-0.4, -0.2) is 23.3 Å². The second kappa shape index (κ2) is 5.81. The van der Waals surface area contributed by atoms with Crippen LogP contribution in [-0.2, 0) is 11.3 Å². The van der Waals surface area contributed by atoms with E-state index in [0.717, 1.165) is 11.1 Å². The SMILES string of the molecule is Cc1ccc(NC(=O)CN2Cc3ccccc3C2=O)cc1Cl. The molecule has 1 aliphatic heterocycles. The lowest BCUT2D eigenvalue weighted by molar-refractivity contribution is -0.116. The van der Waals surface area contributed by atoms with Crippen LogP contribution in [0.4, 0.5) is 5.69 Å². The number of anilines is 1. The summed E-state index contributed by atoms with van der Waals surface area (Å²) in [6, 6.07) is 12.8. The molecule has 3 rings (SSSR count). The lowest BCUT2D eigenvalue weighted by Crippen LogP contribution is -2.33. The highest BCUT2D eigenvalue weighted by Crippen LogP contribution is 2.23. The first-order valence-electron chi connectivity index (χ1n) is 6.98. The van der Waals surface area contributed by atoms with Crippen LogP contribution >= 0.6 is 11.6 Å². The normalized spacial score (nSPS) is 13.2. The Kier molecular flexibility index (Phi) is 3.86. The number of halogens is 1. The number of nitrogens with zero attached hydrogens (tertiary/aromatic N) is 1. The molecule has 2 aromatic carbocycles. The van der Waals surface area contributed by atoms with Crippen LogP contribution in [0.1, 0.15) is 21.5 Å². The van der Waals surface area contributed by atoms with E-state index in [2.05, 4.69) is 5.32 Å². The van der Waals surface area contributed by atoms with Gasteiger partial charge in [-0.25, -0.2) is 0 Å². The number of amides is 2. The summed E-state index contributed by atoms with van der Waals surface area (Å²) in [5, 5.41) is 3.37. The predicted molar refractivity (Wildman–Crippen MR) is 86.0 cm³/mol. The molecular weight excluding hydrogens is 300 g/mol. The monoisotopic (exact) mass is 314 g/mol. The van der Waals surface area contributed by atoms with Gasteiger partial charge >= 0.3 is 0 Å². The Bertz CT molecular complexity index is 758. The van der Waals surface area contributed by atoms with Crippen LogP contribution in [0.15, 0.2) is 42.5 Å². The Morgan fingerprint density at radius 3 is 2.77 bits per heavy atom. The zero-order valence-electron chi connectivity index (χ0n) is 12.1. The van der Waals surface area contributed by atoms with Gasteiger partial charge in [0.25, 0.3) is 5.91 Å². The smallest absolute Gasteiger partial charge is 0.254 e. The summed E-state index contributed by atoms with van der Waals surface area (Å²) < 4.78 is 0. The molecule has 1 aliphatic rings. The molecule has 2 aromatic rings. The van der Waals surface area contributed by atoms with Gasteiger partial charge in [0.1, 0.15) is 6.54 Å². The van der Waals surface area contributed by atoms with Gasteiger partial charge in [0.15, 0.2) is 0 Å². The van der Waals surface area contributed by atoms with E-state index in [4.69, 9.17) is 11.6 Å². The third kappa shape index (κ3) is 2.83. The van der Waals surface area contributed by atoms with Crippen molar-refractivity contribution in [3.05, 3.63) is 64.2 Å². The highest BCUT2D eigenvalue weighted by atomic mass is 35.5. The zero-order chi connectivity index (χ0) is 15.7. The van der Waals surface area contributed by atoms with E-state index in [0.29, 0.717) is 22.8 Å². The van der Waals surface area contributed by atoms with Crippen LogP contribution in [0.25, 0.3) is 0 Å². The minimum atomic E-state index is -0.235. The minimum absolute atomic E-state index is 0.0268. The third-order valence-electron chi connectivity index (χ3n) is 3.69. The van der Waals surface area contributed by atoms with E-state index < -0.39 is 0 Å². The molecule has 1 heterocycles. The second-order valence-corrected chi connectivity index (χ2v) is 5.74. The van der Waals surface area contributed by atoms with E-state index in [1.807, 2.05) is 31.2 Å². The first-order chi connectivity index (χ1) is 10.5. The number of carbonyl (C=O) groups is 2. The summed E-state index contributed by atoms with van der Waals surface area (Å²) >= 11 is 6.04. The van der Waals surface area contributed by atoms with Gasteiger partial charge in [0.2, 0.25) is 5.91 Å². The predicted octanol–water partition coefficient (Wildman–Crippen LogP) is 3.24. The van der Waals surface area contributed by atoms with Crippen LogP contribution in [0, 0.1) is 6.92 Å². The Balaban J connectivity index is 1.66. The molecule has 0 saturated carbocycles. The fourth-order valence-corrected chi connectivity index (χ4v) is 2.67. The molecule has 5 heteroatoms. The van der Waals surface area contributed by atoms with Crippen molar-refractivity contribution in [2.75, 3.05) is 11.9 Å². The van der Waals surface area contributed by atoms with Gasteiger partial charge in [-0.2, -0.15) is 0 Å². The molecule has 0 radical (unpaired) electrons. The second-order valence-electron chi connectivity index (χ2n) is 5.33. The van der Waals surface area contributed by atoms with Gasteiger partial charge in [0, 0.05) is 22.8 Å². The molecule has 0 bridgehead atoms. The number of hydrogen-bond donors (Lipinski definition) is 1. The number of hydrogen-bond acceptors (Lipinski definition) is 2. The molecule has 0 fully saturated rings. The molecule has 0 atom stereocenters. The van der Waals surface area contributed by atoms with Crippen LogP contribution in [0.3, 0.4) is 0 Å². The molecule has 112 valence electrons. The van der Waals surface area contributed by atoms with Crippen molar-refractivity contribution in [1.29, 1.82) is 0 Å².